The van der Waals surface area contributed by atoms with E-state index in [-0.39, 0.29) is 0 Å². The van der Waals surface area contributed by atoms with Crippen molar-refractivity contribution in [1.82, 2.24) is 4.98 Å². The summed E-state index contributed by atoms with van der Waals surface area (Å²) in [6.07, 6.45) is 2.90. The van der Waals surface area contributed by atoms with Crippen LogP contribution in [0.25, 0.3) is 0 Å². The van der Waals surface area contributed by atoms with Gasteiger partial charge in [0.1, 0.15) is 0 Å². The number of aromatic nitrogens is 1. The third-order valence-corrected chi connectivity index (χ3v) is 1.60. The first-order chi connectivity index (χ1) is 4.33. The fraction of sp³-hybridized carbons (Fsp3) is 0.333. The number of hydrogen-bond acceptors (Lipinski definition) is 1. The molecule has 0 amide bonds. The Kier molecular flexibility index (Phi) is 2.30. The predicted octanol–water partition coefficient (Wildman–Crippen LogP) is 1.28. The molecule has 0 fully saturated rings. The minimum atomic E-state index is 0.713. The number of rotatable bonds is 2. The minimum Gasteiger partial charge on any atom is -0.356 e. The van der Waals surface area contributed by atoms with Gasteiger partial charge >= 0.3 is 0 Å². The van der Waals surface area contributed by atoms with Crippen molar-refractivity contribution in [2.75, 3.05) is 6.54 Å². The summed E-state index contributed by atoms with van der Waals surface area (Å²) in [6.45, 7) is 0.713. The SMILES string of the molecule is NCCc1c[nH]c(Br)c1. The highest BCUT2D eigenvalue weighted by atomic mass is 79.9. The number of aromatic amines is 1. The van der Waals surface area contributed by atoms with Gasteiger partial charge in [0.15, 0.2) is 0 Å². The van der Waals surface area contributed by atoms with Gasteiger partial charge in [-0.25, -0.2) is 0 Å². The van der Waals surface area contributed by atoms with E-state index in [1.165, 1.54) is 5.56 Å². The molecule has 0 aliphatic heterocycles. The van der Waals surface area contributed by atoms with Crippen LogP contribution in [0.1, 0.15) is 5.56 Å². The van der Waals surface area contributed by atoms with Crippen LogP contribution in [0.2, 0.25) is 0 Å². The van der Waals surface area contributed by atoms with E-state index >= 15 is 0 Å². The van der Waals surface area contributed by atoms with E-state index < -0.39 is 0 Å². The molecule has 1 aromatic rings. The molecule has 0 aliphatic carbocycles. The maximum atomic E-state index is 5.34. The van der Waals surface area contributed by atoms with Crippen molar-refractivity contribution in [2.45, 2.75) is 6.42 Å². The van der Waals surface area contributed by atoms with Crippen LogP contribution in [0.5, 0.6) is 0 Å². The van der Waals surface area contributed by atoms with Crippen molar-refractivity contribution in [3.63, 3.8) is 0 Å². The van der Waals surface area contributed by atoms with Crippen LogP contribution < -0.4 is 5.73 Å². The lowest BCUT2D eigenvalue weighted by Crippen LogP contribution is -2.01. The number of H-pyrrole nitrogens is 1. The van der Waals surface area contributed by atoms with Gasteiger partial charge in [-0.1, -0.05) is 0 Å². The highest BCUT2D eigenvalue weighted by molar-refractivity contribution is 9.10. The van der Waals surface area contributed by atoms with Gasteiger partial charge in [-0.15, -0.1) is 0 Å². The van der Waals surface area contributed by atoms with Crippen molar-refractivity contribution >= 4 is 15.9 Å². The minimum absolute atomic E-state index is 0.713. The van der Waals surface area contributed by atoms with Crippen molar-refractivity contribution in [1.29, 1.82) is 0 Å². The summed E-state index contributed by atoms with van der Waals surface area (Å²) in [5.74, 6) is 0. The molecule has 50 valence electrons. The van der Waals surface area contributed by atoms with Gasteiger partial charge in [0.25, 0.3) is 0 Å². The Bertz CT molecular complexity index is 183. The average molecular weight is 189 g/mol. The van der Waals surface area contributed by atoms with Crippen LogP contribution in [0.3, 0.4) is 0 Å². The lowest BCUT2D eigenvalue weighted by atomic mass is 10.2. The van der Waals surface area contributed by atoms with Crippen LogP contribution in [-0.4, -0.2) is 11.5 Å². The Morgan fingerprint density at radius 2 is 2.44 bits per heavy atom. The summed E-state index contributed by atoms with van der Waals surface area (Å²) in [7, 11) is 0. The van der Waals surface area contributed by atoms with Gasteiger partial charge in [0.05, 0.1) is 4.60 Å². The summed E-state index contributed by atoms with van der Waals surface area (Å²) in [4.78, 5) is 3.01. The zero-order valence-corrected chi connectivity index (χ0v) is 6.61. The van der Waals surface area contributed by atoms with Crippen LogP contribution in [0.15, 0.2) is 16.9 Å². The second-order valence-corrected chi connectivity index (χ2v) is 2.75. The summed E-state index contributed by atoms with van der Waals surface area (Å²) < 4.78 is 1.02. The van der Waals surface area contributed by atoms with Crippen LogP contribution in [0.4, 0.5) is 0 Å². The second kappa shape index (κ2) is 3.03. The van der Waals surface area contributed by atoms with Crippen molar-refractivity contribution in [2.24, 2.45) is 5.73 Å². The first-order valence-corrected chi connectivity index (χ1v) is 3.65. The Morgan fingerprint density at radius 1 is 1.67 bits per heavy atom. The highest BCUT2D eigenvalue weighted by Crippen LogP contribution is 2.09. The fourth-order valence-electron chi connectivity index (χ4n) is 0.719. The van der Waals surface area contributed by atoms with Crippen molar-refractivity contribution in [3.05, 3.63) is 22.4 Å². The number of hydrogen-bond donors (Lipinski definition) is 2. The van der Waals surface area contributed by atoms with Crippen LogP contribution in [-0.2, 0) is 6.42 Å². The van der Waals surface area contributed by atoms with Gasteiger partial charge < -0.3 is 10.7 Å². The quantitative estimate of drug-likeness (QED) is 0.722. The van der Waals surface area contributed by atoms with Crippen LogP contribution >= 0.6 is 15.9 Å². The molecule has 3 heteroatoms. The van der Waals surface area contributed by atoms with Crippen molar-refractivity contribution in [3.8, 4) is 0 Å². The van der Waals surface area contributed by atoms with E-state index in [2.05, 4.69) is 20.9 Å². The number of halogens is 1. The molecule has 0 atom stereocenters. The predicted molar refractivity (Wildman–Crippen MR) is 41.3 cm³/mol. The third kappa shape index (κ3) is 1.84. The largest absolute Gasteiger partial charge is 0.356 e. The molecule has 2 nitrogen and oxygen atoms in total. The summed E-state index contributed by atoms with van der Waals surface area (Å²) >= 11 is 3.31. The van der Waals surface area contributed by atoms with Crippen LogP contribution in [0, 0.1) is 0 Å². The molecule has 0 aliphatic rings. The van der Waals surface area contributed by atoms with Gasteiger partial charge in [0.2, 0.25) is 0 Å². The third-order valence-electron chi connectivity index (χ3n) is 1.14. The zero-order chi connectivity index (χ0) is 6.69. The molecule has 0 unspecified atom stereocenters. The van der Waals surface area contributed by atoms with Gasteiger partial charge in [-0.05, 0) is 40.5 Å². The average Bonchev–Trinajstić information content (AvgIpc) is 2.17. The molecule has 0 spiro atoms. The Labute approximate surface area is 62.6 Å². The van der Waals surface area contributed by atoms with Gasteiger partial charge in [-0.2, -0.15) is 0 Å². The molecule has 0 aromatic carbocycles. The molecule has 0 saturated heterocycles. The summed E-state index contributed by atoms with van der Waals surface area (Å²) in [5.41, 5.74) is 6.59. The maximum Gasteiger partial charge on any atom is 0.0822 e. The molecule has 1 aromatic heterocycles. The molecule has 1 rings (SSSR count). The first-order valence-electron chi connectivity index (χ1n) is 2.86. The first kappa shape index (κ1) is 6.83. The van der Waals surface area contributed by atoms with E-state index in [1.807, 2.05) is 12.3 Å². The topological polar surface area (TPSA) is 41.8 Å². The van der Waals surface area contributed by atoms with E-state index in [0.29, 0.717) is 6.54 Å². The molecule has 1 heterocycles. The lowest BCUT2D eigenvalue weighted by molar-refractivity contribution is 0.971. The van der Waals surface area contributed by atoms with E-state index in [1.54, 1.807) is 0 Å². The smallest absolute Gasteiger partial charge is 0.0822 e. The Hall–Kier alpha value is -0.280. The highest BCUT2D eigenvalue weighted by Gasteiger charge is 1.92. The molecular weight excluding hydrogens is 180 g/mol. The Morgan fingerprint density at radius 3 is 2.89 bits per heavy atom. The monoisotopic (exact) mass is 188 g/mol. The second-order valence-electron chi connectivity index (χ2n) is 1.89. The molecular formula is C6H9BrN2. The van der Waals surface area contributed by atoms with E-state index in [0.717, 1.165) is 11.0 Å². The van der Waals surface area contributed by atoms with Crippen molar-refractivity contribution < 1.29 is 0 Å². The van der Waals surface area contributed by atoms with E-state index in [4.69, 9.17) is 5.73 Å². The lowest BCUT2D eigenvalue weighted by Gasteiger charge is -1.86. The Balaban J connectivity index is 2.61. The maximum absolute atomic E-state index is 5.34. The molecule has 9 heavy (non-hydrogen) atoms. The number of nitrogens with two attached hydrogens (primary N) is 1. The molecule has 0 bridgehead atoms. The van der Waals surface area contributed by atoms with Gasteiger partial charge in [-0.3, -0.25) is 0 Å². The number of nitrogens with one attached hydrogen (secondary N) is 1. The van der Waals surface area contributed by atoms with Gasteiger partial charge in [0, 0.05) is 6.20 Å². The molecule has 0 radical (unpaired) electrons. The summed E-state index contributed by atoms with van der Waals surface area (Å²) in [6, 6.07) is 2.03. The molecule has 3 N–H and O–H groups in total. The molecule has 0 saturated carbocycles. The zero-order valence-electron chi connectivity index (χ0n) is 5.02. The normalized spacial score (nSPS) is 10.0. The standard InChI is InChI=1S/C6H9BrN2/c7-6-3-5(1-2-8)4-9-6/h3-4,9H,1-2,8H2. The van der Waals surface area contributed by atoms with E-state index in [9.17, 15) is 0 Å². The summed E-state index contributed by atoms with van der Waals surface area (Å²) in [5, 5.41) is 0. The fourth-order valence-corrected chi connectivity index (χ4v) is 1.13.